The molecule has 0 fully saturated rings. The molecule has 0 saturated heterocycles. The molecular formula is C34H52N2O2. The van der Waals surface area contributed by atoms with E-state index in [-0.39, 0.29) is 11.8 Å². The molecule has 0 aliphatic heterocycles. The zero-order chi connectivity index (χ0) is 27.6. The molecule has 38 heavy (non-hydrogen) atoms. The second-order valence-electron chi connectivity index (χ2n) is 10.9. The Morgan fingerprint density at radius 3 is 1.21 bits per heavy atom. The number of rotatable bonds is 19. The average Bonchev–Trinajstić information content (AvgIpc) is 2.90. The first-order chi connectivity index (χ1) is 18.4. The van der Waals surface area contributed by atoms with E-state index in [1.807, 2.05) is 26.0 Å². The molecule has 0 spiro atoms. The third kappa shape index (κ3) is 12.3. The Bertz CT molecular complexity index is 903. The lowest BCUT2D eigenvalue weighted by Crippen LogP contribution is -2.12. The van der Waals surface area contributed by atoms with Gasteiger partial charge in [-0.25, -0.2) is 0 Å². The summed E-state index contributed by atoms with van der Waals surface area (Å²) in [5, 5.41) is 6.18. The number of unbranched alkanes of at least 4 members (excludes halogenated alkanes) is 12. The van der Waals surface area contributed by atoms with Crippen molar-refractivity contribution in [3.8, 4) is 11.1 Å². The Kier molecular flexibility index (Phi) is 15.5. The third-order valence-electron chi connectivity index (χ3n) is 7.35. The minimum atomic E-state index is 0.0989. The number of aryl methyl sites for hydroxylation is 2. The standard InChI is InChI=1S/C34H52N2O2/c1-5-7-9-11-13-15-17-19-33(37)35-31-23-21-29(25-27(31)3)30-22-24-32(28(4)26-30)36-34(38)20-18-16-14-12-10-8-6-2/h21-26H,5-20H2,1-4H3,(H,35,37)(H,36,38). The van der Waals surface area contributed by atoms with Crippen LogP contribution in [0, 0.1) is 13.8 Å². The minimum absolute atomic E-state index is 0.0989. The summed E-state index contributed by atoms with van der Waals surface area (Å²) in [4.78, 5) is 24.8. The molecule has 0 aliphatic carbocycles. The van der Waals surface area contributed by atoms with Gasteiger partial charge in [0.05, 0.1) is 0 Å². The van der Waals surface area contributed by atoms with Gasteiger partial charge in [0.15, 0.2) is 0 Å². The van der Waals surface area contributed by atoms with Gasteiger partial charge in [-0.05, 0) is 73.2 Å². The Morgan fingerprint density at radius 1 is 0.526 bits per heavy atom. The topological polar surface area (TPSA) is 58.2 Å². The Morgan fingerprint density at radius 2 is 0.868 bits per heavy atom. The monoisotopic (exact) mass is 520 g/mol. The van der Waals surface area contributed by atoms with E-state index in [1.165, 1.54) is 64.2 Å². The summed E-state index contributed by atoms with van der Waals surface area (Å²) in [6.07, 6.45) is 18.1. The number of hydrogen-bond donors (Lipinski definition) is 2. The van der Waals surface area contributed by atoms with E-state index in [0.29, 0.717) is 12.8 Å². The summed E-state index contributed by atoms with van der Waals surface area (Å²) >= 11 is 0. The quantitative estimate of drug-likeness (QED) is 0.181. The number of anilines is 2. The first kappa shape index (κ1) is 31.6. The van der Waals surface area contributed by atoms with Crippen LogP contribution in [-0.2, 0) is 9.59 Å². The molecule has 0 aromatic heterocycles. The fourth-order valence-electron chi connectivity index (χ4n) is 4.88. The van der Waals surface area contributed by atoms with Crippen molar-refractivity contribution in [2.24, 2.45) is 0 Å². The number of carbonyl (C=O) groups excluding carboxylic acids is 2. The lowest BCUT2D eigenvalue weighted by Gasteiger charge is -2.13. The summed E-state index contributed by atoms with van der Waals surface area (Å²) in [6, 6.07) is 12.4. The molecule has 0 atom stereocenters. The number of hydrogen-bond acceptors (Lipinski definition) is 2. The number of benzene rings is 2. The van der Waals surface area contributed by atoms with Crippen molar-refractivity contribution >= 4 is 23.2 Å². The van der Waals surface area contributed by atoms with Gasteiger partial charge < -0.3 is 10.6 Å². The van der Waals surface area contributed by atoms with Gasteiger partial charge in [0.1, 0.15) is 0 Å². The average molecular weight is 521 g/mol. The van der Waals surface area contributed by atoms with Crippen molar-refractivity contribution in [1.29, 1.82) is 0 Å². The fraction of sp³-hybridized carbons (Fsp3) is 0.588. The van der Waals surface area contributed by atoms with Crippen LogP contribution in [-0.4, -0.2) is 11.8 Å². The molecule has 210 valence electrons. The van der Waals surface area contributed by atoms with Crippen LogP contribution in [0.3, 0.4) is 0 Å². The molecule has 4 nitrogen and oxygen atoms in total. The zero-order valence-electron chi connectivity index (χ0n) is 24.6. The number of amides is 2. The molecule has 2 rings (SSSR count). The van der Waals surface area contributed by atoms with Gasteiger partial charge in [-0.3, -0.25) is 9.59 Å². The van der Waals surface area contributed by atoms with E-state index in [9.17, 15) is 9.59 Å². The van der Waals surface area contributed by atoms with Crippen LogP contribution in [0.5, 0.6) is 0 Å². The highest BCUT2D eigenvalue weighted by Crippen LogP contribution is 2.28. The van der Waals surface area contributed by atoms with Gasteiger partial charge in [-0.2, -0.15) is 0 Å². The number of nitrogens with one attached hydrogen (secondary N) is 2. The van der Waals surface area contributed by atoms with Gasteiger partial charge in [0.2, 0.25) is 11.8 Å². The fourth-order valence-corrected chi connectivity index (χ4v) is 4.88. The second kappa shape index (κ2) is 18.6. The van der Waals surface area contributed by atoms with Gasteiger partial charge in [-0.1, -0.05) is 103 Å². The SMILES string of the molecule is CCCCCCCCCC(=O)Nc1ccc(-c2ccc(NC(=O)CCCCCCCCC)c(C)c2)cc1C. The smallest absolute Gasteiger partial charge is 0.224 e. The lowest BCUT2D eigenvalue weighted by molar-refractivity contribution is -0.117. The molecule has 2 N–H and O–H groups in total. The molecule has 0 aliphatic rings. The van der Waals surface area contributed by atoms with Gasteiger partial charge in [-0.15, -0.1) is 0 Å². The van der Waals surface area contributed by atoms with Crippen LogP contribution < -0.4 is 10.6 Å². The van der Waals surface area contributed by atoms with Crippen LogP contribution >= 0.6 is 0 Å². The van der Waals surface area contributed by atoms with E-state index < -0.39 is 0 Å². The molecule has 0 saturated carbocycles. The van der Waals surface area contributed by atoms with E-state index in [2.05, 4.69) is 48.7 Å². The van der Waals surface area contributed by atoms with Crippen LogP contribution in [0.25, 0.3) is 11.1 Å². The third-order valence-corrected chi connectivity index (χ3v) is 7.35. The van der Waals surface area contributed by atoms with Gasteiger partial charge in [0.25, 0.3) is 0 Å². The molecular weight excluding hydrogens is 468 g/mol. The van der Waals surface area contributed by atoms with Crippen molar-refractivity contribution < 1.29 is 9.59 Å². The van der Waals surface area contributed by atoms with Crippen molar-refractivity contribution in [1.82, 2.24) is 0 Å². The van der Waals surface area contributed by atoms with E-state index in [4.69, 9.17) is 0 Å². The van der Waals surface area contributed by atoms with Crippen molar-refractivity contribution in [3.05, 3.63) is 47.5 Å². The second-order valence-corrected chi connectivity index (χ2v) is 10.9. The number of carbonyl (C=O) groups is 2. The first-order valence-corrected chi connectivity index (χ1v) is 15.3. The summed E-state index contributed by atoms with van der Waals surface area (Å²) < 4.78 is 0. The van der Waals surface area contributed by atoms with Crippen molar-refractivity contribution in [3.63, 3.8) is 0 Å². The Labute approximate surface area is 232 Å². The summed E-state index contributed by atoms with van der Waals surface area (Å²) in [5.41, 5.74) is 6.09. The molecule has 0 unspecified atom stereocenters. The van der Waals surface area contributed by atoms with Crippen molar-refractivity contribution in [2.75, 3.05) is 10.6 Å². The summed E-state index contributed by atoms with van der Waals surface area (Å²) in [7, 11) is 0. The van der Waals surface area contributed by atoms with E-state index >= 15 is 0 Å². The summed E-state index contributed by atoms with van der Waals surface area (Å²) in [6.45, 7) is 8.54. The predicted octanol–water partition coefficient (Wildman–Crippen LogP) is 10.1. The maximum atomic E-state index is 12.4. The first-order valence-electron chi connectivity index (χ1n) is 15.3. The van der Waals surface area contributed by atoms with E-state index in [0.717, 1.165) is 59.3 Å². The predicted molar refractivity (Wildman–Crippen MR) is 164 cm³/mol. The molecule has 2 aromatic rings. The molecule has 2 aromatic carbocycles. The maximum absolute atomic E-state index is 12.4. The Balaban J connectivity index is 1.80. The molecule has 0 radical (unpaired) electrons. The van der Waals surface area contributed by atoms with Gasteiger partial charge >= 0.3 is 0 Å². The largest absolute Gasteiger partial charge is 0.326 e. The Hall–Kier alpha value is -2.62. The summed E-state index contributed by atoms with van der Waals surface area (Å²) in [5.74, 6) is 0.198. The van der Waals surface area contributed by atoms with Crippen LogP contribution in [0.1, 0.15) is 128 Å². The molecule has 2 amide bonds. The van der Waals surface area contributed by atoms with Gasteiger partial charge in [0, 0.05) is 24.2 Å². The highest BCUT2D eigenvalue weighted by molar-refractivity contribution is 5.93. The maximum Gasteiger partial charge on any atom is 0.224 e. The lowest BCUT2D eigenvalue weighted by atomic mass is 9.99. The van der Waals surface area contributed by atoms with Crippen LogP contribution in [0.2, 0.25) is 0 Å². The molecule has 4 heteroatoms. The highest BCUT2D eigenvalue weighted by atomic mass is 16.2. The van der Waals surface area contributed by atoms with Crippen molar-refractivity contribution in [2.45, 2.75) is 130 Å². The highest BCUT2D eigenvalue weighted by Gasteiger charge is 2.09. The molecule has 0 heterocycles. The van der Waals surface area contributed by atoms with Crippen LogP contribution in [0.15, 0.2) is 36.4 Å². The zero-order valence-corrected chi connectivity index (χ0v) is 24.6. The normalized spacial score (nSPS) is 10.9. The van der Waals surface area contributed by atoms with E-state index in [1.54, 1.807) is 0 Å². The molecule has 0 bridgehead atoms. The minimum Gasteiger partial charge on any atom is -0.326 e. The van der Waals surface area contributed by atoms with Crippen LogP contribution in [0.4, 0.5) is 11.4 Å².